The van der Waals surface area contributed by atoms with Crippen molar-refractivity contribution in [3.63, 3.8) is 0 Å². The average Bonchev–Trinajstić information content (AvgIpc) is 3.43. The van der Waals surface area contributed by atoms with E-state index in [9.17, 15) is 4.79 Å². The van der Waals surface area contributed by atoms with Crippen LogP contribution in [0.15, 0.2) is 30.7 Å². The van der Waals surface area contributed by atoms with Crippen LogP contribution in [0.2, 0.25) is 18.1 Å². The first kappa shape index (κ1) is 29.0. The van der Waals surface area contributed by atoms with Crippen molar-refractivity contribution < 1.29 is 14.0 Å². The molecule has 3 rings (SSSR count). The number of fused-ring (bicyclic) bond motifs is 1. The molecule has 1 aromatic carbocycles. The standard InChI is InChI=1S/C29H46N4O3Si/c1-8-9-10-11-16-35-23-13-15-26-25(17-23)24(21(2)32-26)14-12-22(19-36-37(6,7)29(3,4)5)33-18-27(28(30)34)31-20-33/h13,15,17-18,20,22,32H,8-12,14,16,19H2,1-7H3,(H2,30,34)/t22-/m1/s1. The summed E-state index contributed by atoms with van der Waals surface area (Å²) in [6.45, 7) is 16.9. The first-order chi connectivity index (χ1) is 17.4. The van der Waals surface area contributed by atoms with Gasteiger partial charge in [-0.2, -0.15) is 0 Å². The van der Waals surface area contributed by atoms with Crippen molar-refractivity contribution in [1.29, 1.82) is 0 Å². The summed E-state index contributed by atoms with van der Waals surface area (Å²) in [5.41, 5.74) is 9.34. The number of hydrogen-bond acceptors (Lipinski definition) is 4. The smallest absolute Gasteiger partial charge is 0.268 e. The minimum atomic E-state index is -1.94. The van der Waals surface area contributed by atoms with Gasteiger partial charge in [-0.05, 0) is 68.1 Å². The SMILES string of the molecule is CCCCCCOc1ccc2[nH]c(C)c(CC[C@H](CO[Si](C)(C)C(C)(C)C)n3cnc(C(N)=O)c3)c2c1. The molecular weight excluding hydrogens is 480 g/mol. The lowest BCUT2D eigenvalue weighted by atomic mass is 10.0. The Kier molecular flexibility index (Phi) is 9.64. The van der Waals surface area contributed by atoms with Gasteiger partial charge in [0.1, 0.15) is 11.4 Å². The van der Waals surface area contributed by atoms with Crippen LogP contribution < -0.4 is 10.5 Å². The minimum absolute atomic E-state index is 0.0390. The fraction of sp³-hybridized carbons (Fsp3) is 0.586. The average molecular weight is 527 g/mol. The lowest BCUT2D eigenvalue weighted by Crippen LogP contribution is -2.42. The number of carbonyl (C=O) groups is 1. The molecule has 0 aliphatic rings. The molecular formula is C29H46N4O3Si. The highest BCUT2D eigenvalue weighted by Crippen LogP contribution is 2.37. The zero-order valence-electron chi connectivity index (χ0n) is 23.8. The monoisotopic (exact) mass is 526 g/mol. The third kappa shape index (κ3) is 7.48. The maximum absolute atomic E-state index is 11.7. The quantitative estimate of drug-likeness (QED) is 0.176. The number of nitrogens with two attached hydrogens (primary N) is 1. The predicted molar refractivity (Wildman–Crippen MR) is 154 cm³/mol. The number of amides is 1. The fourth-order valence-electron chi connectivity index (χ4n) is 4.31. The van der Waals surface area contributed by atoms with Crippen molar-refractivity contribution in [1.82, 2.24) is 14.5 Å². The maximum atomic E-state index is 11.7. The number of imidazole rings is 1. The summed E-state index contributed by atoms with van der Waals surface area (Å²) >= 11 is 0. The van der Waals surface area contributed by atoms with Crippen LogP contribution >= 0.6 is 0 Å². The van der Waals surface area contributed by atoms with Crippen LogP contribution in [-0.4, -0.2) is 42.0 Å². The molecule has 0 bridgehead atoms. The lowest BCUT2D eigenvalue weighted by molar-refractivity contribution is 0.0995. The summed E-state index contributed by atoms with van der Waals surface area (Å²) in [4.78, 5) is 19.4. The molecule has 0 aliphatic heterocycles. The van der Waals surface area contributed by atoms with Crippen LogP contribution in [0, 0.1) is 6.92 Å². The second-order valence-corrected chi connectivity index (χ2v) is 16.5. The summed E-state index contributed by atoms with van der Waals surface area (Å²) in [7, 11) is -1.94. The summed E-state index contributed by atoms with van der Waals surface area (Å²) < 4.78 is 14.7. The van der Waals surface area contributed by atoms with E-state index in [0.717, 1.165) is 37.1 Å². The van der Waals surface area contributed by atoms with Crippen molar-refractivity contribution in [2.75, 3.05) is 13.2 Å². The number of hydrogen-bond donors (Lipinski definition) is 2. The molecule has 3 aromatic rings. The first-order valence-corrected chi connectivity index (χ1v) is 16.5. The largest absolute Gasteiger partial charge is 0.494 e. The highest BCUT2D eigenvalue weighted by molar-refractivity contribution is 6.74. The number of benzene rings is 1. The topological polar surface area (TPSA) is 95.2 Å². The van der Waals surface area contributed by atoms with Crippen LogP contribution in [0.25, 0.3) is 10.9 Å². The van der Waals surface area contributed by atoms with E-state index in [0.29, 0.717) is 6.61 Å². The van der Waals surface area contributed by atoms with Crippen LogP contribution in [0.1, 0.15) is 87.6 Å². The number of primary amides is 1. The zero-order chi connectivity index (χ0) is 27.2. The number of aromatic amines is 1. The van der Waals surface area contributed by atoms with Crippen LogP contribution in [0.5, 0.6) is 5.75 Å². The molecule has 204 valence electrons. The Hall–Kier alpha value is -2.58. The van der Waals surface area contributed by atoms with Gasteiger partial charge in [0.25, 0.3) is 5.91 Å². The number of ether oxygens (including phenoxy) is 1. The molecule has 8 heteroatoms. The number of rotatable bonds is 14. The van der Waals surface area contributed by atoms with Gasteiger partial charge in [0.2, 0.25) is 0 Å². The van der Waals surface area contributed by atoms with Gasteiger partial charge in [-0.1, -0.05) is 47.0 Å². The Morgan fingerprint density at radius 1 is 1.22 bits per heavy atom. The number of nitrogens with one attached hydrogen (secondary N) is 1. The Labute approximate surface area is 223 Å². The first-order valence-electron chi connectivity index (χ1n) is 13.6. The van der Waals surface area contributed by atoms with Gasteiger partial charge in [-0.25, -0.2) is 4.98 Å². The van der Waals surface area contributed by atoms with Gasteiger partial charge in [0.15, 0.2) is 8.32 Å². The van der Waals surface area contributed by atoms with Gasteiger partial charge in [-0.15, -0.1) is 0 Å². The molecule has 3 N–H and O–H groups in total. The van der Waals surface area contributed by atoms with Crippen LogP contribution in [0.4, 0.5) is 0 Å². The van der Waals surface area contributed by atoms with Gasteiger partial charge in [0, 0.05) is 22.8 Å². The summed E-state index contributed by atoms with van der Waals surface area (Å²) in [5, 5.41) is 1.32. The van der Waals surface area contributed by atoms with Gasteiger partial charge in [-0.3, -0.25) is 4.79 Å². The molecule has 0 saturated carbocycles. The van der Waals surface area contributed by atoms with E-state index in [1.165, 1.54) is 35.9 Å². The van der Waals surface area contributed by atoms with Crippen LogP contribution in [-0.2, 0) is 10.8 Å². The predicted octanol–water partition coefficient (Wildman–Crippen LogP) is 6.93. The van der Waals surface area contributed by atoms with Gasteiger partial charge >= 0.3 is 0 Å². The summed E-state index contributed by atoms with van der Waals surface area (Å²) in [5.74, 6) is 0.403. The number of nitrogens with zero attached hydrogens (tertiary/aromatic N) is 2. The Balaban J connectivity index is 1.78. The van der Waals surface area contributed by atoms with Crippen molar-refractivity contribution in [3.05, 3.63) is 47.7 Å². The molecule has 2 heterocycles. The maximum Gasteiger partial charge on any atom is 0.268 e. The zero-order valence-corrected chi connectivity index (χ0v) is 24.8. The number of unbranched alkanes of at least 4 members (excludes halogenated alkanes) is 3. The molecule has 1 amide bonds. The lowest BCUT2D eigenvalue weighted by Gasteiger charge is -2.37. The van der Waals surface area contributed by atoms with Crippen molar-refractivity contribution >= 4 is 25.1 Å². The second kappa shape index (κ2) is 12.3. The minimum Gasteiger partial charge on any atom is -0.494 e. The Bertz CT molecular complexity index is 1180. The Morgan fingerprint density at radius 3 is 2.62 bits per heavy atom. The normalized spacial score (nSPS) is 13.3. The molecule has 1 atom stereocenters. The molecule has 0 unspecified atom stereocenters. The third-order valence-corrected chi connectivity index (χ3v) is 12.3. The summed E-state index contributed by atoms with van der Waals surface area (Å²) in [6, 6.07) is 6.36. The van der Waals surface area contributed by atoms with Crippen molar-refractivity contribution in [2.24, 2.45) is 5.73 Å². The van der Waals surface area contributed by atoms with E-state index in [2.05, 4.69) is 75.9 Å². The molecule has 2 aromatic heterocycles. The van der Waals surface area contributed by atoms with E-state index in [-0.39, 0.29) is 16.8 Å². The Morgan fingerprint density at radius 2 is 1.97 bits per heavy atom. The van der Waals surface area contributed by atoms with Crippen molar-refractivity contribution in [3.8, 4) is 5.75 Å². The fourth-order valence-corrected chi connectivity index (χ4v) is 5.35. The van der Waals surface area contributed by atoms with E-state index in [1.807, 2.05) is 4.57 Å². The molecule has 0 radical (unpaired) electrons. The second-order valence-electron chi connectivity index (χ2n) is 11.7. The van der Waals surface area contributed by atoms with Crippen molar-refractivity contribution in [2.45, 2.75) is 97.3 Å². The molecule has 0 fully saturated rings. The molecule has 0 spiro atoms. The number of H-pyrrole nitrogens is 1. The molecule has 0 saturated heterocycles. The molecule has 0 aliphatic carbocycles. The number of aromatic nitrogens is 3. The molecule has 37 heavy (non-hydrogen) atoms. The van der Waals surface area contributed by atoms with E-state index in [1.54, 1.807) is 12.5 Å². The summed E-state index contributed by atoms with van der Waals surface area (Å²) in [6.07, 6.45) is 9.92. The highest BCUT2D eigenvalue weighted by Gasteiger charge is 2.37. The number of aryl methyl sites for hydroxylation is 2. The van der Waals surface area contributed by atoms with Crippen LogP contribution in [0.3, 0.4) is 0 Å². The third-order valence-electron chi connectivity index (χ3n) is 7.80. The van der Waals surface area contributed by atoms with E-state index >= 15 is 0 Å². The van der Waals surface area contributed by atoms with Gasteiger partial charge in [0.05, 0.1) is 25.6 Å². The van der Waals surface area contributed by atoms with E-state index in [4.69, 9.17) is 14.9 Å². The van der Waals surface area contributed by atoms with E-state index < -0.39 is 14.2 Å². The van der Waals surface area contributed by atoms with Gasteiger partial charge < -0.3 is 24.4 Å². The number of carbonyl (C=O) groups excluding carboxylic acids is 1. The highest BCUT2D eigenvalue weighted by atomic mass is 28.4. The molecule has 7 nitrogen and oxygen atoms in total.